The van der Waals surface area contributed by atoms with Gasteiger partial charge in [0.2, 0.25) is 0 Å². The van der Waals surface area contributed by atoms with Gasteiger partial charge in [-0.2, -0.15) is 0 Å². The molecular weight excluding hydrogens is 282 g/mol. The van der Waals surface area contributed by atoms with Crippen molar-refractivity contribution in [2.45, 2.75) is 38.8 Å². The summed E-state index contributed by atoms with van der Waals surface area (Å²) in [6.07, 6.45) is 3.60. The monoisotopic (exact) mass is 303 g/mol. The minimum Gasteiger partial charge on any atom is -0.504 e. The molecule has 0 aliphatic heterocycles. The Labute approximate surface area is 129 Å². The molecule has 2 N–H and O–H groups in total. The van der Waals surface area contributed by atoms with Crippen LogP contribution in [0.1, 0.15) is 41.8 Å². The maximum atomic E-state index is 10.2. The Bertz CT molecular complexity index is 609. The van der Waals surface area contributed by atoms with E-state index in [2.05, 4.69) is 16.8 Å². The molecular formula is C17H21NO2S. The molecule has 2 aromatic rings. The molecule has 1 atom stereocenters. The number of para-hydroxylation sites is 1. The van der Waals surface area contributed by atoms with E-state index in [9.17, 15) is 5.11 Å². The van der Waals surface area contributed by atoms with E-state index in [1.807, 2.05) is 30.4 Å². The molecule has 1 heterocycles. The highest BCUT2D eigenvalue weighted by Gasteiger charge is 2.21. The second-order valence-electron chi connectivity index (χ2n) is 5.32. The predicted octanol–water partition coefficient (Wildman–Crippen LogP) is 4.02. The third-order valence-corrected chi connectivity index (χ3v) is 4.97. The Kier molecular flexibility index (Phi) is 4.46. The van der Waals surface area contributed by atoms with E-state index in [4.69, 9.17) is 4.74 Å². The first-order valence-corrected chi connectivity index (χ1v) is 8.41. The number of aromatic hydroxyl groups is 1. The lowest BCUT2D eigenvalue weighted by Crippen LogP contribution is -2.23. The summed E-state index contributed by atoms with van der Waals surface area (Å²) >= 11 is 1.85. The Morgan fingerprint density at radius 1 is 1.38 bits per heavy atom. The number of benzene rings is 1. The molecule has 3 nitrogen and oxygen atoms in total. The number of hydrogen-bond donors (Lipinski definition) is 2. The van der Waals surface area contributed by atoms with Gasteiger partial charge >= 0.3 is 0 Å². The molecule has 1 aromatic heterocycles. The highest BCUT2D eigenvalue weighted by atomic mass is 32.1. The van der Waals surface area contributed by atoms with Crippen LogP contribution in [-0.2, 0) is 13.0 Å². The van der Waals surface area contributed by atoms with Crippen LogP contribution in [-0.4, -0.2) is 11.7 Å². The van der Waals surface area contributed by atoms with Crippen molar-refractivity contribution in [3.8, 4) is 11.5 Å². The summed E-state index contributed by atoms with van der Waals surface area (Å²) in [6, 6.07) is 8.31. The first-order valence-electron chi connectivity index (χ1n) is 7.53. The average molecular weight is 303 g/mol. The molecule has 1 aromatic carbocycles. The molecule has 0 spiro atoms. The van der Waals surface area contributed by atoms with E-state index < -0.39 is 0 Å². The van der Waals surface area contributed by atoms with E-state index in [1.165, 1.54) is 23.3 Å². The van der Waals surface area contributed by atoms with Crippen LogP contribution in [0.25, 0.3) is 0 Å². The van der Waals surface area contributed by atoms with Crippen molar-refractivity contribution < 1.29 is 9.84 Å². The largest absolute Gasteiger partial charge is 0.504 e. The van der Waals surface area contributed by atoms with Gasteiger partial charge in [-0.3, -0.25) is 0 Å². The molecule has 3 rings (SSSR count). The van der Waals surface area contributed by atoms with Gasteiger partial charge < -0.3 is 15.2 Å². The van der Waals surface area contributed by atoms with Crippen molar-refractivity contribution in [3.63, 3.8) is 0 Å². The van der Waals surface area contributed by atoms with E-state index in [1.54, 1.807) is 6.07 Å². The lowest BCUT2D eigenvalue weighted by Gasteiger charge is -2.24. The summed E-state index contributed by atoms with van der Waals surface area (Å²) in [7, 11) is 0. The normalized spacial score (nSPS) is 17.5. The molecule has 0 saturated heterocycles. The third-order valence-electron chi connectivity index (χ3n) is 3.97. The predicted molar refractivity (Wildman–Crippen MR) is 86.1 cm³/mol. The number of phenols is 1. The van der Waals surface area contributed by atoms with Gasteiger partial charge in [0.15, 0.2) is 11.5 Å². The van der Waals surface area contributed by atoms with E-state index in [0.717, 1.165) is 12.0 Å². The van der Waals surface area contributed by atoms with Crippen LogP contribution >= 0.6 is 11.3 Å². The zero-order chi connectivity index (χ0) is 14.7. The van der Waals surface area contributed by atoms with Crippen LogP contribution in [0, 0.1) is 0 Å². The standard InChI is InChI=1S/C17H21NO2S/c1-2-20-15-7-3-5-12(17(15)19)11-18-14-6-4-8-16-13(14)9-10-21-16/h3,5,7,9-10,14,18-19H,2,4,6,8,11H2,1H3. The molecule has 0 fully saturated rings. The van der Waals surface area contributed by atoms with E-state index >= 15 is 0 Å². The van der Waals surface area contributed by atoms with Crippen LogP contribution in [0.15, 0.2) is 29.6 Å². The zero-order valence-corrected chi connectivity index (χ0v) is 13.1. The van der Waals surface area contributed by atoms with Crippen molar-refractivity contribution in [1.82, 2.24) is 5.32 Å². The lowest BCUT2D eigenvalue weighted by molar-refractivity contribution is 0.315. The van der Waals surface area contributed by atoms with Gasteiger partial charge in [-0.15, -0.1) is 11.3 Å². The minimum atomic E-state index is 0.258. The van der Waals surface area contributed by atoms with Crippen LogP contribution in [0.5, 0.6) is 11.5 Å². The fraction of sp³-hybridized carbons (Fsp3) is 0.412. The summed E-state index contributed by atoms with van der Waals surface area (Å²) in [5, 5.41) is 16.0. The number of ether oxygens (including phenoxy) is 1. The number of fused-ring (bicyclic) bond motifs is 1. The third kappa shape index (κ3) is 3.06. The molecule has 0 saturated carbocycles. The SMILES string of the molecule is CCOc1cccc(CNC2CCCc3sccc32)c1O. The zero-order valence-electron chi connectivity index (χ0n) is 12.3. The maximum Gasteiger partial charge on any atom is 0.162 e. The average Bonchev–Trinajstić information content (AvgIpc) is 2.97. The molecule has 112 valence electrons. The van der Waals surface area contributed by atoms with Gasteiger partial charge in [-0.1, -0.05) is 12.1 Å². The van der Waals surface area contributed by atoms with Gasteiger partial charge in [0, 0.05) is 23.0 Å². The Morgan fingerprint density at radius 2 is 2.29 bits per heavy atom. The maximum absolute atomic E-state index is 10.2. The van der Waals surface area contributed by atoms with Crippen molar-refractivity contribution >= 4 is 11.3 Å². The molecule has 0 amide bonds. The summed E-state index contributed by atoms with van der Waals surface area (Å²) in [4.78, 5) is 1.51. The summed E-state index contributed by atoms with van der Waals surface area (Å²) in [5.74, 6) is 0.824. The molecule has 1 aliphatic carbocycles. The van der Waals surface area contributed by atoms with Gasteiger partial charge in [-0.25, -0.2) is 0 Å². The first-order chi connectivity index (χ1) is 10.3. The molecule has 0 radical (unpaired) electrons. The van der Waals surface area contributed by atoms with Crippen LogP contribution in [0.3, 0.4) is 0 Å². The van der Waals surface area contributed by atoms with Gasteiger partial charge in [0.1, 0.15) is 0 Å². The summed E-state index contributed by atoms with van der Waals surface area (Å²) in [6.45, 7) is 3.14. The van der Waals surface area contributed by atoms with Gasteiger partial charge in [0.05, 0.1) is 6.61 Å². The molecule has 1 aliphatic rings. The van der Waals surface area contributed by atoms with Crippen molar-refractivity contribution in [1.29, 1.82) is 0 Å². The Balaban J connectivity index is 1.70. The Hall–Kier alpha value is -1.52. The smallest absolute Gasteiger partial charge is 0.162 e. The molecule has 21 heavy (non-hydrogen) atoms. The Morgan fingerprint density at radius 3 is 3.14 bits per heavy atom. The summed E-state index contributed by atoms with van der Waals surface area (Å²) < 4.78 is 5.44. The van der Waals surface area contributed by atoms with Crippen LogP contribution < -0.4 is 10.1 Å². The van der Waals surface area contributed by atoms with Crippen LogP contribution in [0.2, 0.25) is 0 Å². The number of hydrogen-bond acceptors (Lipinski definition) is 4. The van der Waals surface area contributed by atoms with E-state index in [0.29, 0.717) is 24.9 Å². The number of phenolic OH excluding ortho intramolecular Hbond substituents is 1. The van der Waals surface area contributed by atoms with Crippen LogP contribution in [0.4, 0.5) is 0 Å². The topological polar surface area (TPSA) is 41.5 Å². The highest BCUT2D eigenvalue weighted by Crippen LogP contribution is 2.34. The molecule has 0 bridgehead atoms. The quantitative estimate of drug-likeness (QED) is 0.876. The second-order valence-corrected chi connectivity index (χ2v) is 6.32. The fourth-order valence-corrected chi connectivity index (χ4v) is 3.90. The second kappa shape index (κ2) is 6.50. The van der Waals surface area contributed by atoms with Crippen molar-refractivity contribution in [2.24, 2.45) is 0 Å². The van der Waals surface area contributed by atoms with Gasteiger partial charge in [0.25, 0.3) is 0 Å². The number of aryl methyl sites for hydroxylation is 1. The minimum absolute atomic E-state index is 0.258. The first kappa shape index (κ1) is 14.4. The lowest BCUT2D eigenvalue weighted by atomic mass is 9.94. The molecule has 4 heteroatoms. The van der Waals surface area contributed by atoms with Crippen molar-refractivity contribution in [2.75, 3.05) is 6.61 Å². The summed E-state index contributed by atoms with van der Waals surface area (Å²) in [5.41, 5.74) is 2.33. The van der Waals surface area contributed by atoms with E-state index in [-0.39, 0.29) is 5.75 Å². The number of thiophene rings is 1. The highest BCUT2D eigenvalue weighted by molar-refractivity contribution is 7.10. The fourth-order valence-electron chi connectivity index (χ4n) is 2.91. The number of rotatable bonds is 5. The van der Waals surface area contributed by atoms with Gasteiger partial charge in [-0.05, 0) is 49.3 Å². The molecule has 1 unspecified atom stereocenters. The van der Waals surface area contributed by atoms with Crippen molar-refractivity contribution in [3.05, 3.63) is 45.6 Å². The number of nitrogens with one attached hydrogen (secondary N) is 1.